The quantitative estimate of drug-likeness (QED) is 0.506. The average Bonchev–Trinajstić information content (AvgIpc) is 2.38. The van der Waals surface area contributed by atoms with Crippen LogP contribution in [-0.4, -0.2) is 5.92 Å². The van der Waals surface area contributed by atoms with E-state index in [1.165, 1.54) is 38.5 Å². The number of halogens is 2. The molecule has 0 nitrogen and oxygen atoms in total. The summed E-state index contributed by atoms with van der Waals surface area (Å²) in [5, 5.41) is 0. The largest absolute Gasteiger partial charge is 0.248 e. The fraction of sp³-hybridized carbons (Fsp3) is 1.00. The van der Waals surface area contributed by atoms with Gasteiger partial charge in [-0.3, -0.25) is 0 Å². The van der Waals surface area contributed by atoms with Crippen molar-refractivity contribution in [2.45, 2.75) is 97.8 Å². The Hall–Kier alpha value is -0.140. The predicted molar refractivity (Wildman–Crippen MR) is 92.6 cm³/mol. The molecule has 3 rings (SSSR count). The van der Waals surface area contributed by atoms with E-state index in [0.29, 0.717) is 22.7 Å². The molecule has 1 unspecified atom stereocenters. The molecule has 3 fully saturated rings. The zero-order chi connectivity index (χ0) is 16.9. The van der Waals surface area contributed by atoms with E-state index in [9.17, 15) is 8.78 Å². The molecule has 0 amide bonds. The Bertz CT molecular complexity index is 402. The minimum Gasteiger partial charge on any atom is -0.207 e. The highest BCUT2D eigenvalue weighted by Crippen LogP contribution is 2.68. The summed E-state index contributed by atoms with van der Waals surface area (Å²) in [5.74, 6) is 0.629. The molecule has 0 bridgehead atoms. The van der Waals surface area contributed by atoms with Crippen LogP contribution in [0, 0.1) is 34.5 Å². The zero-order valence-electron chi connectivity index (χ0n) is 15.6. The van der Waals surface area contributed by atoms with Crippen LogP contribution in [0.15, 0.2) is 0 Å². The van der Waals surface area contributed by atoms with Crippen LogP contribution >= 0.6 is 0 Å². The van der Waals surface area contributed by atoms with Gasteiger partial charge in [-0.25, -0.2) is 8.78 Å². The fourth-order valence-electron chi connectivity index (χ4n) is 6.19. The SMILES string of the molecule is CC(C)C1CC2(C1)CC(C)(CCC(C)C1CCC(F)(F)CC1)C2. The summed E-state index contributed by atoms with van der Waals surface area (Å²) in [6.07, 6.45) is 10.1. The Labute approximate surface area is 141 Å². The summed E-state index contributed by atoms with van der Waals surface area (Å²) in [5.41, 5.74) is 1.26. The van der Waals surface area contributed by atoms with E-state index >= 15 is 0 Å². The number of hydrogen-bond acceptors (Lipinski definition) is 0. The van der Waals surface area contributed by atoms with Gasteiger partial charge in [-0.1, -0.05) is 27.7 Å². The molecular formula is C21H36F2. The number of rotatable bonds is 5. The third kappa shape index (κ3) is 3.76. The molecule has 0 aromatic heterocycles. The maximum Gasteiger partial charge on any atom is 0.248 e. The first kappa shape index (κ1) is 17.7. The summed E-state index contributed by atoms with van der Waals surface area (Å²) in [6, 6.07) is 0. The normalized spacial score (nSPS) is 41.6. The van der Waals surface area contributed by atoms with Crippen LogP contribution in [0.5, 0.6) is 0 Å². The van der Waals surface area contributed by atoms with E-state index in [1.807, 2.05) is 0 Å². The molecule has 0 aliphatic heterocycles. The van der Waals surface area contributed by atoms with Crippen molar-refractivity contribution in [2.75, 3.05) is 0 Å². The maximum absolute atomic E-state index is 13.3. The first-order valence-electron chi connectivity index (χ1n) is 10.00. The molecular weight excluding hydrogens is 290 g/mol. The van der Waals surface area contributed by atoms with Crippen LogP contribution in [0.4, 0.5) is 8.78 Å². The summed E-state index contributed by atoms with van der Waals surface area (Å²) in [4.78, 5) is 0. The van der Waals surface area contributed by atoms with Crippen molar-refractivity contribution < 1.29 is 8.78 Å². The van der Waals surface area contributed by atoms with Gasteiger partial charge in [0.1, 0.15) is 0 Å². The molecule has 3 aliphatic carbocycles. The fourth-order valence-corrected chi connectivity index (χ4v) is 6.19. The van der Waals surface area contributed by atoms with Crippen molar-refractivity contribution in [3.05, 3.63) is 0 Å². The lowest BCUT2D eigenvalue weighted by Crippen LogP contribution is -2.53. The van der Waals surface area contributed by atoms with E-state index in [2.05, 4.69) is 27.7 Å². The van der Waals surface area contributed by atoms with Gasteiger partial charge in [0.25, 0.3) is 0 Å². The Kier molecular flexibility index (Phi) is 4.60. The van der Waals surface area contributed by atoms with Crippen molar-refractivity contribution in [2.24, 2.45) is 34.5 Å². The first-order chi connectivity index (χ1) is 10.6. The standard InChI is InChI=1S/C21H36F2/c1-15(2)18-11-20(12-18)13-19(4,14-20)8-5-16(3)17-6-9-21(22,23)10-7-17/h15-18H,5-14H2,1-4H3. The van der Waals surface area contributed by atoms with Crippen LogP contribution in [0.25, 0.3) is 0 Å². The average molecular weight is 327 g/mol. The monoisotopic (exact) mass is 326 g/mol. The second kappa shape index (κ2) is 5.99. The second-order valence-corrected chi connectivity index (χ2v) is 10.3. The van der Waals surface area contributed by atoms with Gasteiger partial charge in [-0.05, 0) is 85.9 Å². The molecule has 0 aromatic rings. The highest BCUT2D eigenvalue weighted by atomic mass is 19.3. The number of alkyl halides is 2. The second-order valence-electron chi connectivity index (χ2n) is 10.3. The van der Waals surface area contributed by atoms with E-state index in [0.717, 1.165) is 24.7 Å². The highest BCUT2D eigenvalue weighted by molar-refractivity contribution is 5.08. The molecule has 2 heteroatoms. The maximum atomic E-state index is 13.3. The van der Waals surface area contributed by atoms with E-state index in [1.54, 1.807) is 0 Å². The molecule has 0 N–H and O–H groups in total. The van der Waals surface area contributed by atoms with Gasteiger partial charge < -0.3 is 0 Å². The van der Waals surface area contributed by atoms with Crippen LogP contribution < -0.4 is 0 Å². The molecule has 1 spiro atoms. The predicted octanol–water partition coefficient (Wildman–Crippen LogP) is 7.08. The summed E-state index contributed by atoms with van der Waals surface area (Å²) >= 11 is 0. The third-order valence-corrected chi connectivity index (χ3v) is 7.71. The smallest absolute Gasteiger partial charge is 0.207 e. The van der Waals surface area contributed by atoms with E-state index in [4.69, 9.17) is 0 Å². The summed E-state index contributed by atoms with van der Waals surface area (Å²) in [7, 11) is 0. The zero-order valence-corrected chi connectivity index (χ0v) is 15.6. The van der Waals surface area contributed by atoms with Crippen molar-refractivity contribution >= 4 is 0 Å². The molecule has 23 heavy (non-hydrogen) atoms. The van der Waals surface area contributed by atoms with Crippen LogP contribution in [0.3, 0.4) is 0 Å². The van der Waals surface area contributed by atoms with E-state index < -0.39 is 5.92 Å². The van der Waals surface area contributed by atoms with Crippen molar-refractivity contribution in [1.29, 1.82) is 0 Å². The van der Waals surface area contributed by atoms with Gasteiger partial charge in [-0.2, -0.15) is 0 Å². The first-order valence-corrected chi connectivity index (χ1v) is 10.00. The summed E-state index contributed by atoms with van der Waals surface area (Å²) < 4.78 is 26.6. The van der Waals surface area contributed by atoms with Gasteiger partial charge in [0.15, 0.2) is 0 Å². The van der Waals surface area contributed by atoms with Gasteiger partial charge in [0.2, 0.25) is 5.92 Å². The summed E-state index contributed by atoms with van der Waals surface area (Å²) in [6.45, 7) is 9.52. The van der Waals surface area contributed by atoms with Crippen LogP contribution in [-0.2, 0) is 0 Å². The molecule has 0 radical (unpaired) electrons. The van der Waals surface area contributed by atoms with Crippen LogP contribution in [0.1, 0.15) is 91.9 Å². The lowest BCUT2D eigenvalue weighted by Gasteiger charge is -2.64. The molecule has 0 saturated heterocycles. The van der Waals surface area contributed by atoms with Gasteiger partial charge >= 0.3 is 0 Å². The Morgan fingerprint density at radius 2 is 1.52 bits per heavy atom. The highest BCUT2D eigenvalue weighted by Gasteiger charge is 2.57. The molecule has 1 atom stereocenters. The van der Waals surface area contributed by atoms with Crippen molar-refractivity contribution in [3.63, 3.8) is 0 Å². The van der Waals surface area contributed by atoms with E-state index in [-0.39, 0.29) is 12.8 Å². The van der Waals surface area contributed by atoms with Gasteiger partial charge in [0.05, 0.1) is 0 Å². The topological polar surface area (TPSA) is 0 Å². The Morgan fingerprint density at radius 1 is 0.957 bits per heavy atom. The molecule has 134 valence electrons. The third-order valence-electron chi connectivity index (χ3n) is 7.71. The lowest BCUT2D eigenvalue weighted by molar-refractivity contribution is -0.134. The molecule has 0 aromatic carbocycles. The number of hydrogen-bond donors (Lipinski definition) is 0. The Balaban J connectivity index is 1.38. The Morgan fingerprint density at radius 3 is 2.04 bits per heavy atom. The van der Waals surface area contributed by atoms with Crippen molar-refractivity contribution in [1.82, 2.24) is 0 Å². The minimum absolute atomic E-state index is 0.124. The van der Waals surface area contributed by atoms with Gasteiger partial charge in [-0.15, -0.1) is 0 Å². The van der Waals surface area contributed by atoms with Crippen LogP contribution in [0.2, 0.25) is 0 Å². The van der Waals surface area contributed by atoms with Gasteiger partial charge in [0, 0.05) is 12.8 Å². The minimum atomic E-state index is -2.38. The lowest BCUT2D eigenvalue weighted by atomic mass is 9.41. The molecule has 3 saturated carbocycles. The van der Waals surface area contributed by atoms with Crippen molar-refractivity contribution in [3.8, 4) is 0 Å². The molecule has 3 aliphatic rings. The molecule has 0 heterocycles.